The van der Waals surface area contributed by atoms with Gasteiger partial charge in [0.25, 0.3) is 11.8 Å². The van der Waals surface area contributed by atoms with Crippen molar-refractivity contribution in [3.05, 3.63) is 41.3 Å². The molecule has 34 heavy (non-hydrogen) atoms. The quantitative estimate of drug-likeness (QED) is 0.665. The summed E-state index contributed by atoms with van der Waals surface area (Å²) >= 11 is 0. The SMILES string of the molecule is CCCNC(=O)C[C@H]1CC[C@H]2[C@H](COc3ccc(NC(=O)c4cc(C)on4)cc3C(=O)N2C)O1. The van der Waals surface area contributed by atoms with Crippen LogP contribution in [0.5, 0.6) is 5.75 Å². The number of aryl methyl sites for hydroxylation is 1. The van der Waals surface area contributed by atoms with Crippen molar-refractivity contribution in [2.45, 2.75) is 57.8 Å². The first-order chi connectivity index (χ1) is 16.4. The van der Waals surface area contributed by atoms with Gasteiger partial charge in [-0.15, -0.1) is 0 Å². The topological polar surface area (TPSA) is 123 Å². The van der Waals surface area contributed by atoms with E-state index in [0.717, 1.165) is 6.42 Å². The predicted octanol–water partition coefficient (Wildman–Crippen LogP) is 2.53. The first-order valence-corrected chi connectivity index (χ1v) is 11.6. The summed E-state index contributed by atoms with van der Waals surface area (Å²) in [7, 11) is 1.75. The molecule has 0 saturated carbocycles. The monoisotopic (exact) mass is 470 g/mol. The van der Waals surface area contributed by atoms with Gasteiger partial charge in [-0.25, -0.2) is 0 Å². The molecule has 3 atom stereocenters. The molecule has 3 amide bonds. The number of benzene rings is 1. The molecular weight excluding hydrogens is 440 g/mol. The number of carbonyl (C=O) groups excluding carboxylic acids is 3. The van der Waals surface area contributed by atoms with Crippen molar-refractivity contribution in [2.24, 2.45) is 0 Å². The van der Waals surface area contributed by atoms with Gasteiger partial charge in [-0.3, -0.25) is 14.4 Å². The highest BCUT2D eigenvalue weighted by molar-refractivity contribution is 6.04. The van der Waals surface area contributed by atoms with E-state index in [0.29, 0.717) is 48.6 Å². The van der Waals surface area contributed by atoms with Crippen molar-refractivity contribution in [1.29, 1.82) is 0 Å². The summed E-state index contributed by atoms with van der Waals surface area (Å²) in [5.41, 5.74) is 0.963. The van der Waals surface area contributed by atoms with Gasteiger partial charge in [-0.1, -0.05) is 12.1 Å². The normalized spacial score (nSPS) is 22.0. The number of fused-ring (bicyclic) bond motifs is 2. The number of carbonyl (C=O) groups is 3. The molecule has 0 radical (unpaired) electrons. The van der Waals surface area contributed by atoms with E-state index in [4.69, 9.17) is 14.0 Å². The Morgan fingerprint density at radius 1 is 1.24 bits per heavy atom. The number of anilines is 1. The third kappa shape index (κ3) is 5.22. The van der Waals surface area contributed by atoms with E-state index in [1.54, 1.807) is 37.1 Å². The molecule has 0 spiro atoms. The molecule has 4 rings (SSSR count). The molecule has 0 unspecified atom stereocenters. The predicted molar refractivity (Wildman–Crippen MR) is 123 cm³/mol. The maximum absolute atomic E-state index is 13.3. The lowest BCUT2D eigenvalue weighted by atomic mass is 9.94. The summed E-state index contributed by atoms with van der Waals surface area (Å²) in [6.45, 7) is 4.61. The Bertz CT molecular complexity index is 1070. The maximum Gasteiger partial charge on any atom is 0.277 e. The standard InChI is InChI=1S/C24H30N4O6/c1-4-9-25-22(29)12-16-6-7-19-21(33-16)13-32-20-8-5-15(11-17(20)24(31)28(19)3)26-23(30)18-10-14(2)34-27-18/h5,8,10-11,16,19,21H,4,6-7,9,12-13H2,1-3H3,(H,25,29)(H,26,30)/t16-,19+,21+/m1/s1. The van der Waals surface area contributed by atoms with E-state index in [1.807, 2.05) is 6.92 Å². The number of nitrogens with zero attached hydrogens (tertiary/aromatic N) is 2. The summed E-state index contributed by atoms with van der Waals surface area (Å²) in [4.78, 5) is 39.5. The second-order valence-corrected chi connectivity index (χ2v) is 8.71. The van der Waals surface area contributed by atoms with Gasteiger partial charge in [0.05, 0.1) is 24.1 Å². The van der Waals surface area contributed by atoms with Crippen LogP contribution >= 0.6 is 0 Å². The van der Waals surface area contributed by atoms with Gasteiger partial charge in [-0.05, 0) is 44.4 Å². The summed E-state index contributed by atoms with van der Waals surface area (Å²) in [5.74, 6) is 0.265. The fourth-order valence-electron chi connectivity index (χ4n) is 4.32. The average Bonchev–Trinajstić information content (AvgIpc) is 3.27. The average molecular weight is 471 g/mol. The number of aromatic nitrogens is 1. The van der Waals surface area contributed by atoms with E-state index in [-0.39, 0.29) is 42.4 Å². The molecule has 2 aliphatic heterocycles. The van der Waals surface area contributed by atoms with Crippen LogP contribution < -0.4 is 15.4 Å². The van der Waals surface area contributed by atoms with Gasteiger partial charge >= 0.3 is 0 Å². The third-order valence-corrected chi connectivity index (χ3v) is 6.12. The lowest BCUT2D eigenvalue weighted by Crippen LogP contribution is -2.54. The molecular formula is C24H30N4O6. The zero-order valence-electron chi connectivity index (χ0n) is 19.6. The first kappa shape index (κ1) is 23.7. The minimum atomic E-state index is -0.431. The second kappa shape index (κ2) is 10.3. The van der Waals surface area contributed by atoms with Gasteiger partial charge < -0.3 is 29.5 Å². The Hall–Kier alpha value is -3.40. The summed E-state index contributed by atoms with van der Waals surface area (Å²) in [5, 5.41) is 9.33. The molecule has 2 N–H and O–H groups in total. The number of likely N-dealkylation sites (N-methyl/N-ethyl adjacent to an activating group) is 1. The van der Waals surface area contributed by atoms with Crippen molar-refractivity contribution in [2.75, 3.05) is 25.5 Å². The van der Waals surface area contributed by atoms with Gasteiger partial charge in [0.15, 0.2) is 5.69 Å². The van der Waals surface area contributed by atoms with E-state index in [1.165, 1.54) is 6.07 Å². The summed E-state index contributed by atoms with van der Waals surface area (Å²) < 4.78 is 17.1. The molecule has 1 aromatic heterocycles. The number of hydrogen-bond donors (Lipinski definition) is 2. The van der Waals surface area contributed by atoms with E-state index in [9.17, 15) is 14.4 Å². The van der Waals surface area contributed by atoms with E-state index >= 15 is 0 Å². The van der Waals surface area contributed by atoms with Crippen molar-refractivity contribution < 1.29 is 28.4 Å². The molecule has 10 heteroatoms. The highest BCUT2D eigenvalue weighted by atomic mass is 16.5. The molecule has 1 fully saturated rings. The summed E-state index contributed by atoms with van der Waals surface area (Å²) in [6, 6.07) is 6.29. The smallest absolute Gasteiger partial charge is 0.277 e. The molecule has 2 aromatic rings. The zero-order chi connectivity index (χ0) is 24.2. The minimum Gasteiger partial charge on any atom is -0.490 e. The number of ether oxygens (including phenoxy) is 2. The highest BCUT2D eigenvalue weighted by Gasteiger charge is 2.39. The Labute approximate surface area is 197 Å². The lowest BCUT2D eigenvalue weighted by molar-refractivity contribution is -0.134. The highest BCUT2D eigenvalue weighted by Crippen LogP contribution is 2.32. The Morgan fingerprint density at radius 2 is 2.06 bits per heavy atom. The molecule has 0 aliphatic carbocycles. The maximum atomic E-state index is 13.3. The first-order valence-electron chi connectivity index (χ1n) is 11.6. The van der Waals surface area contributed by atoms with Gasteiger partial charge in [0.2, 0.25) is 5.91 Å². The number of rotatable bonds is 6. The van der Waals surface area contributed by atoms with Crippen LogP contribution in [0.3, 0.4) is 0 Å². The van der Waals surface area contributed by atoms with Crippen molar-refractivity contribution in [3.63, 3.8) is 0 Å². The summed E-state index contributed by atoms with van der Waals surface area (Å²) in [6.07, 6.45) is 2.02. The number of amides is 3. The Kier molecular flexibility index (Phi) is 7.16. The van der Waals surface area contributed by atoms with Gasteiger partial charge in [0, 0.05) is 25.3 Å². The van der Waals surface area contributed by atoms with Crippen molar-refractivity contribution >= 4 is 23.4 Å². The van der Waals surface area contributed by atoms with Crippen LogP contribution in [0.4, 0.5) is 5.69 Å². The number of nitrogens with one attached hydrogen (secondary N) is 2. The molecule has 3 heterocycles. The molecule has 1 saturated heterocycles. The molecule has 182 valence electrons. The second-order valence-electron chi connectivity index (χ2n) is 8.71. The van der Waals surface area contributed by atoms with Gasteiger partial charge in [-0.2, -0.15) is 0 Å². The van der Waals surface area contributed by atoms with E-state index < -0.39 is 5.91 Å². The Balaban J connectivity index is 1.46. The zero-order valence-corrected chi connectivity index (χ0v) is 19.6. The minimum absolute atomic E-state index is 0.0257. The largest absolute Gasteiger partial charge is 0.490 e. The number of hydrogen-bond acceptors (Lipinski definition) is 7. The fourth-order valence-corrected chi connectivity index (χ4v) is 4.32. The van der Waals surface area contributed by atoms with Crippen LogP contribution in [-0.2, 0) is 9.53 Å². The Morgan fingerprint density at radius 3 is 2.79 bits per heavy atom. The molecule has 1 aromatic carbocycles. The van der Waals surface area contributed by atoms with Crippen molar-refractivity contribution in [3.8, 4) is 5.75 Å². The van der Waals surface area contributed by atoms with Crippen molar-refractivity contribution in [1.82, 2.24) is 15.4 Å². The van der Waals surface area contributed by atoms with Crippen LogP contribution in [0.1, 0.15) is 59.2 Å². The molecule has 0 bridgehead atoms. The third-order valence-electron chi connectivity index (χ3n) is 6.12. The van der Waals surface area contributed by atoms with Crippen LogP contribution in [0, 0.1) is 6.92 Å². The van der Waals surface area contributed by atoms with E-state index in [2.05, 4.69) is 15.8 Å². The molecule has 2 aliphatic rings. The van der Waals surface area contributed by atoms with Gasteiger partial charge in [0.1, 0.15) is 24.2 Å². The van der Waals surface area contributed by atoms with Crippen LogP contribution in [0.25, 0.3) is 0 Å². The molecule has 10 nitrogen and oxygen atoms in total. The van der Waals surface area contributed by atoms with Crippen LogP contribution in [-0.4, -0.2) is 66.2 Å². The lowest BCUT2D eigenvalue weighted by Gasteiger charge is -2.42. The van der Waals surface area contributed by atoms with Crippen LogP contribution in [0.2, 0.25) is 0 Å². The fraction of sp³-hybridized carbons (Fsp3) is 0.500. The van der Waals surface area contributed by atoms with Crippen LogP contribution in [0.15, 0.2) is 28.8 Å².